The molecule has 1 fully saturated rings. The van der Waals surface area contributed by atoms with Crippen molar-refractivity contribution in [2.24, 2.45) is 0 Å². The van der Waals surface area contributed by atoms with Crippen LogP contribution in [0.5, 0.6) is 0 Å². The minimum Gasteiger partial charge on any atom is -0.394 e. The second-order valence-electron chi connectivity index (χ2n) is 5.48. The molecule has 0 bridgehead atoms. The summed E-state index contributed by atoms with van der Waals surface area (Å²) in [6.45, 7) is 2.97. The molecule has 0 radical (unpaired) electrons. The zero-order valence-electron chi connectivity index (χ0n) is 13.4. The SMILES string of the molecule is OCCOCCSc1nnc(N2CCCC2)n1-c1cccc(Cl)c1. The second kappa shape index (κ2) is 8.71. The Balaban J connectivity index is 1.82. The molecule has 24 heavy (non-hydrogen) atoms. The van der Waals surface area contributed by atoms with Crippen LogP contribution < -0.4 is 4.90 Å². The van der Waals surface area contributed by atoms with Crippen molar-refractivity contribution in [1.29, 1.82) is 0 Å². The van der Waals surface area contributed by atoms with Crippen LogP contribution >= 0.6 is 23.4 Å². The number of rotatable bonds is 8. The number of thioether (sulfide) groups is 1. The maximum absolute atomic E-state index is 8.75. The molecule has 0 aliphatic carbocycles. The Labute approximate surface area is 150 Å². The Bertz CT molecular complexity index is 661. The molecule has 1 N–H and O–H groups in total. The van der Waals surface area contributed by atoms with E-state index in [4.69, 9.17) is 21.4 Å². The van der Waals surface area contributed by atoms with Gasteiger partial charge in [0.2, 0.25) is 5.95 Å². The van der Waals surface area contributed by atoms with Gasteiger partial charge in [0.05, 0.1) is 25.5 Å². The first-order valence-corrected chi connectivity index (χ1v) is 9.43. The van der Waals surface area contributed by atoms with Gasteiger partial charge in [0.15, 0.2) is 5.16 Å². The number of aromatic nitrogens is 3. The Morgan fingerprint density at radius 2 is 2.04 bits per heavy atom. The molecule has 2 aromatic rings. The van der Waals surface area contributed by atoms with E-state index in [1.54, 1.807) is 11.8 Å². The van der Waals surface area contributed by atoms with E-state index in [0.717, 1.165) is 35.6 Å². The maximum atomic E-state index is 8.75. The van der Waals surface area contributed by atoms with Gasteiger partial charge in [0, 0.05) is 23.9 Å². The van der Waals surface area contributed by atoms with Crippen molar-refractivity contribution >= 4 is 29.3 Å². The molecule has 1 aromatic heterocycles. The molecule has 0 saturated carbocycles. The highest BCUT2D eigenvalue weighted by Crippen LogP contribution is 2.29. The van der Waals surface area contributed by atoms with Gasteiger partial charge in [-0.1, -0.05) is 29.4 Å². The summed E-state index contributed by atoms with van der Waals surface area (Å²) in [7, 11) is 0. The zero-order chi connectivity index (χ0) is 16.8. The normalized spacial score (nSPS) is 14.5. The van der Waals surface area contributed by atoms with Crippen molar-refractivity contribution in [1.82, 2.24) is 14.8 Å². The van der Waals surface area contributed by atoms with Crippen molar-refractivity contribution in [2.75, 3.05) is 43.6 Å². The van der Waals surface area contributed by atoms with Gasteiger partial charge in [0.1, 0.15) is 0 Å². The number of aliphatic hydroxyl groups is 1. The monoisotopic (exact) mass is 368 g/mol. The molecule has 0 unspecified atom stereocenters. The minimum absolute atomic E-state index is 0.0441. The van der Waals surface area contributed by atoms with E-state index < -0.39 is 0 Å². The lowest BCUT2D eigenvalue weighted by molar-refractivity contribution is 0.103. The van der Waals surface area contributed by atoms with Gasteiger partial charge >= 0.3 is 0 Å². The number of nitrogens with zero attached hydrogens (tertiary/aromatic N) is 4. The number of ether oxygens (including phenoxy) is 1. The highest BCUT2D eigenvalue weighted by molar-refractivity contribution is 7.99. The minimum atomic E-state index is 0.0441. The summed E-state index contributed by atoms with van der Waals surface area (Å²) in [4.78, 5) is 2.26. The predicted octanol–water partition coefficient (Wildman–Crippen LogP) is 2.62. The standard InChI is InChI=1S/C16H21ClN4O2S/c17-13-4-3-5-14(12-13)21-15(20-6-1-2-7-20)18-19-16(21)24-11-10-23-9-8-22/h3-5,12,22H,1-2,6-11H2. The third kappa shape index (κ3) is 4.22. The molecule has 130 valence electrons. The number of halogens is 1. The van der Waals surface area contributed by atoms with Crippen molar-refractivity contribution < 1.29 is 9.84 Å². The topological polar surface area (TPSA) is 63.4 Å². The van der Waals surface area contributed by atoms with Crippen LogP contribution in [0.15, 0.2) is 29.4 Å². The van der Waals surface area contributed by atoms with Crippen molar-refractivity contribution in [3.63, 3.8) is 0 Å². The molecule has 0 atom stereocenters. The van der Waals surface area contributed by atoms with Crippen LogP contribution in [0.3, 0.4) is 0 Å². The number of hydrogen-bond acceptors (Lipinski definition) is 6. The van der Waals surface area contributed by atoms with Crippen molar-refractivity contribution in [2.45, 2.75) is 18.0 Å². The molecule has 1 aliphatic rings. The van der Waals surface area contributed by atoms with Crippen molar-refractivity contribution in [3.05, 3.63) is 29.3 Å². The lowest BCUT2D eigenvalue weighted by atomic mass is 10.3. The van der Waals surface area contributed by atoms with Gasteiger partial charge in [-0.3, -0.25) is 4.57 Å². The van der Waals surface area contributed by atoms with Crippen molar-refractivity contribution in [3.8, 4) is 5.69 Å². The Kier molecular flexibility index (Phi) is 6.37. The summed E-state index contributed by atoms with van der Waals surface area (Å²) in [5, 5.41) is 19.1. The number of benzene rings is 1. The number of hydrogen-bond donors (Lipinski definition) is 1. The quantitative estimate of drug-likeness (QED) is 0.571. The van der Waals surface area contributed by atoms with E-state index in [0.29, 0.717) is 18.2 Å². The van der Waals surface area contributed by atoms with Crippen LogP contribution in [0.25, 0.3) is 5.69 Å². The Morgan fingerprint density at radius 1 is 1.21 bits per heavy atom. The first-order chi connectivity index (χ1) is 11.8. The van der Waals surface area contributed by atoms with E-state index in [1.165, 1.54) is 12.8 Å². The summed E-state index contributed by atoms with van der Waals surface area (Å²) in [5.41, 5.74) is 0.966. The molecule has 3 rings (SSSR count). The highest BCUT2D eigenvalue weighted by atomic mass is 35.5. The van der Waals surface area contributed by atoms with Crippen LogP contribution in [-0.2, 0) is 4.74 Å². The fourth-order valence-corrected chi connectivity index (χ4v) is 3.66. The average molecular weight is 369 g/mol. The molecular formula is C16H21ClN4O2S. The summed E-state index contributed by atoms with van der Waals surface area (Å²) in [6, 6.07) is 7.74. The Morgan fingerprint density at radius 3 is 2.79 bits per heavy atom. The van der Waals surface area contributed by atoms with E-state index in [-0.39, 0.29) is 6.61 Å². The van der Waals surface area contributed by atoms with Gasteiger partial charge < -0.3 is 14.7 Å². The molecule has 0 spiro atoms. The number of anilines is 1. The molecule has 1 saturated heterocycles. The smallest absolute Gasteiger partial charge is 0.232 e. The summed E-state index contributed by atoms with van der Waals surface area (Å²) < 4.78 is 7.38. The van der Waals surface area contributed by atoms with Gasteiger partial charge in [0.25, 0.3) is 0 Å². The lowest BCUT2D eigenvalue weighted by Crippen LogP contribution is -2.22. The molecule has 0 amide bonds. The van der Waals surface area contributed by atoms with Crippen LogP contribution in [0, 0.1) is 0 Å². The fraction of sp³-hybridized carbons (Fsp3) is 0.500. The van der Waals surface area contributed by atoms with E-state index >= 15 is 0 Å². The van der Waals surface area contributed by atoms with E-state index in [9.17, 15) is 0 Å². The Hall–Kier alpha value is -1.28. The molecule has 1 aliphatic heterocycles. The average Bonchev–Trinajstić information content (AvgIpc) is 3.24. The molecule has 8 heteroatoms. The number of aliphatic hydroxyl groups excluding tert-OH is 1. The van der Waals surface area contributed by atoms with Crippen LogP contribution in [0.2, 0.25) is 5.02 Å². The van der Waals surface area contributed by atoms with Gasteiger partial charge in [-0.05, 0) is 31.0 Å². The van der Waals surface area contributed by atoms with Gasteiger partial charge in [-0.25, -0.2) is 0 Å². The third-order valence-corrected chi connectivity index (χ3v) is 4.89. The van der Waals surface area contributed by atoms with Gasteiger partial charge in [-0.2, -0.15) is 0 Å². The van der Waals surface area contributed by atoms with Crippen LogP contribution in [0.4, 0.5) is 5.95 Å². The molecular weight excluding hydrogens is 348 g/mol. The third-order valence-electron chi connectivity index (χ3n) is 3.77. The highest BCUT2D eigenvalue weighted by Gasteiger charge is 2.22. The van der Waals surface area contributed by atoms with Crippen LogP contribution in [0.1, 0.15) is 12.8 Å². The van der Waals surface area contributed by atoms with Crippen LogP contribution in [-0.4, -0.2) is 58.5 Å². The summed E-state index contributed by atoms with van der Waals surface area (Å²) >= 11 is 7.76. The first kappa shape index (κ1) is 17.5. The fourth-order valence-electron chi connectivity index (χ4n) is 2.68. The maximum Gasteiger partial charge on any atom is 0.232 e. The summed E-state index contributed by atoms with van der Waals surface area (Å²) in [6.07, 6.45) is 2.36. The van der Waals surface area contributed by atoms with Gasteiger partial charge in [-0.15, -0.1) is 10.2 Å². The zero-order valence-corrected chi connectivity index (χ0v) is 15.0. The largest absolute Gasteiger partial charge is 0.394 e. The molecule has 2 heterocycles. The molecule has 6 nitrogen and oxygen atoms in total. The first-order valence-electron chi connectivity index (χ1n) is 8.07. The summed E-state index contributed by atoms with van der Waals surface area (Å²) in [5.74, 6) is 1.62. The lowest BCUT2D eigenvalue weighted by Gasteiger charge is -2.18. The predicted molar refractivity (Wildman–Crippen MR) is 96.4 cm³/mol. The van der Waals surface area contributed by atoms with E-state index in [1.807, 2.05) is 24.3 Å². The van der Waals surface area contributed by atoms with E-state index in [2.05, 4.69) is 19.7 Å². The molecule has 1 aromatic carbocycles. The second-order valence-corrected chi connectivity index (χ2v) is 6.97.